The molecule has 1 amide bonds. The Labute approximate surface area is 135 Å². The van der Waals surface area contributed by atoms with E-state index in [4.69, 9.17) is 0 Å². The zero-order valence-corrected chi connectivity index (χ0v) is 13.1. The van der Waals surface area contributed by atoms with Crippen LogP contribution < -0.4 is 5.32 Å². The number of benzene rings is 1. The molecule has 3 fully saturated rings. The van der Waals surface area contributed by atoms with Crippen molar-refractivity contribution in [3.63, 3.8) is 0 Å². The van der Waals surface area contributed by atoms with Crippen LogP contribution in [-0.4, -0.2) is 36.0 Å². The third kappa shape index (κ3) is 3.11. The van der Waals surface area contributed by atoms with E-state index in [1.807, 2.05) is 0 Å². The number of hydrogen-bond acceptors (Lipinski definition) is 2. The molecule has 2 saturated carbocycles. The molecule has 3 nitrogen and oxygen atoms in total. The van der Waals surface area contributed by atoms with Gasteiger partial charge in [0.25, 0.3) is 0 Å². The van der Waals surface area contributed by atoms with Gasteiger partial charge >= 0.3 is 0 Å². The number of piperidine rings is 1. The van der Waals surface area contributed by atoms with E-state index in [0.717, 1.165) is 32.0 Å². The van der Waals surface area contributed by atoms with Crippen molar-refractivity contribution in [2.75, 3.05) is 13.1 Å². The van der Waals surface area contributed by atoms with Gasteiger partial charge in [0, 0.05) is 42.6 Å². The van der Waals surface area contributed by atoms with Crippen molar-refractivity contribution in [1.29, 1.82) is 0 Å². The molecule has 23 heavy (non-hydrogen) atoms. The molecule has 1 aromatic carbocycles. The van der Waals surface area contributed by atoms with Crippen LogP contribution >= 0.6 is 0 Å². The van der Waals surface area contributed by atoms with Crippen molar-refractivity contribution in [3.05, 3.63) is 35.4 Å². The van der Waals surface area contributed by atoms with Gasteiger partial charge in [0.05, 0.1) is 0 Å². The van der Waals surface area contributed by atoms with Crippen molar-refractivity contribution in [2.45, 2.75) is 50.1 Å². The van der Waals surface area contributed by atoms with Crippen molar-refractivity contribution >= 4 is 5.91 Å². The molecular formula is C18H22F2N2O. The maximum absolute atomic E-state index is 13.8. The molecule has 2 aliphatic carbocycles. The summed E-state index contributed by atoms with van der Waals surface area (Å²) >= 11 is 0. The van der Waals surface area contributed by atoms with E-state index < -0.39 is 11.6 Å². The second-order valence-electron chi connectivity index (χ2n) is 7.13. The smallest absolute Gasteiger partial charge is 0.223 e. The van der Waals surface area contributed by atoms with Crippen LogP contribution in [0.1, 0.15) is 43.6 Å². The number of rotatable bonds is 4. The highest BCUT2D eigenvalue weighted by atomic mass is 19.1. The standard InChI is InChI=1S/C18H22F2N2O/c19-15-2-1-3-16(20)17(15)13-10-14(13)18(23)21-11-6-8-22(9-7-11)12-4-5-12/h1-3,11-14H,4-10H2,(H,21,23)/t13-,14-/m0/s1. The summed E-state index contributed by atoms with van der Waals surface area (Å²) in [5.74, 6) is -1.70. The summed E-state index contributed by atoms with van der Waals surface area (Å²) in [7, 11) is 0. The molecule has 0 bridgehead atoms. The van der Waals surface area contributed by atoms with Gasteiger partial charge in [-0.1, -0.05) is 6.07 Å². The minimum absolute atomic E-state index is 0.0393. The number of carbonyl (C=O) groups excluding carboxylic acids is 1. The molecule has 1 aromatic rings. The largest absolute Gasteiger partial charge is 0.353 e. The van der Waals surface area contributed by atoms with E-state index in [0.29, 0.717) is 6.42 Å². The molecule has 0 radical (unpaired) electrons. The first kappa shape index (κ1) is 15.1. The summed E-state index contributed by atoms with van der Waals surface area (Å²) in [5, 5.41) is 3.09. The Kier molecular flexibility index (Phi) is 3.84. The van der Waals surface area contributed by atoms with Gasteiger partial charge in [-0.3, -0.25) is 4.79 Å². The fourth-order valence-electron chi connectivity index (χ4n) is 3.83. The van der Waals surface area contributed by atoms with E-state index in [1.54, 1.807) is 0 Å². The van der Waals surface area contributed by atoms with Gasteiger partial charge in [0.15, 0.2) is 0 Å². The average Bonchev–Trinajstić information content (AvgIpc) is 3.42. The van der Waals surface area contributed by atoms with Crippen LogP contribution in [0.15, 0.2) is 18.2 Å². The molecule has 3 aliphatic rings. The lowest BCUT2D eigenvalue weighted by Crippen LogP contribution is -2.45. The van der Waals surface area contributed by atoms with E-state index in [-0.39, 0.29) is 29.3 Å². The van der Waals surface area contributed by atoms with E-state index >= 15 is 0 Å². The second-order valence-corrected chi connectivity index (χ2v) is 7.13. The molecule has 124 valence electrons. The molecule has 1 N–H and O–H groups in total. The van der Waals surface area contributed by atoms with Gasteiger partial charge < -0.3 is 10.2 Å². The number of carbonyl (C=O) groups is 1. The van der Waals surface area contributed by atoms with Crippen LogP contribution in [0.3, 0.4) is 0 Å². The monoisotopic (exact) mass is 320 g/mol. The zero-order chi connectivity index (χ0) is 16.0. The first-order valence-corrected chi connectivity index (χ1v) is 8.62. The summed E-state index contributed by atoms with van der Waals surface area (Å²) in [6.07, 6.45) is 5.13. The molecule has 1 aliphatic heterocycles. The Morgan fingerprint density at radius 3 is 2.35 bits per heavy atom. The fourth-order valence-corrected chi connectivity index (χ4v) is 3.83. The highest BCUT2D eigenvalue weighted by Gasteiger charge is 2.47. The molecular weight excluding hydrogens is 298 g/mol. The second kappa shape index (κ2) is 5.86. The number of nitrogens with zero attached hydrogens (tertiary/aromatic N) is 1. The lowest BCUT2D eigenvalue weighted by molar-refractivity contribution is -0.123. The van der Waals surface area contributed by atoms with Crippen LogP contribution in [0.25, 0.3) is 0 Å². The van der Waals surface area contributed by atoms with Crippen molar-refractivity contribution < 1.29 is 13.6 Å². The topological polar surface area (TPSA) is 32.3 Å². The summed E-state index contributed by atoms with van der Waals surface area (Å²) in [6.45, 7) is 2.09. The molecule has 0 aromatic heterocycles. The van der Waals surface area contributed by atoms with Gasteiger partial charge in [-0.25, -0.2) is 8.78 Å². The first-order valence-electron chi connectivity index (χ1n) is 8.62. The quantitative estimate of drug-likeness (QED) is 0.925. The van der Waals surface area contributed by atoms with Gasteiger partial charge in [-0.05, 0) is 44.2 Å². The van der Waals surface area contributed by atoms with E-state index in [2.05, 4.69) is 10.2 Å². The van der Waals surface area contributed by atoms with Crippen LogP contribution in [0.4, 0.5) is 8.78 Å². The highest BCUT2D eigenvalue weighted by Crippen LogP contribution is 2.49. The van der Waals surface area contributed by atoms with Crippen LogP contribution in [-0.2, 0) is 4.79 Å². The van der Waals surface area contributed by atoms with Crippen molar-refractivity contribution in [2.24, 2.45) is 5.92 Å². The van der Waals surface area contributed by atoms with Crippen LogP contribution in [0, 0.1) is 17.6 Å². The Morgan fingerprint density at radius 2 is 1.74 bits per heavy atom. The zero-order valence-electron chi connectivity index (χ0n) is 13.1. The number of nitrogens with one attached hydrogen (secondary N) is 1. The summed E-state index contributed by atoms with van der Waals surface area (Å²) in [6, 6.07) is 4.88. The van der Waals surface area contributed by atoms with Gasteiger partial charge in [0.1, 0.15) is 11.6 Å². The highest BCUT2D eigenvalue weighted by molar-refractivity contribution is 5.83. The van der Waals surface area contributed by atoms with Gasteiger partial charge in [0.2, 0.25) is 5.91 Å². The predicted octanol–water partition coefficient (Wildman–Crippen LogP) is 2.81. The fraction of sp³-hybridized carbons (Fsp3) is 0.611. The number of halogens is 2. The first-order chi connectivity index (χ1) is 11.1. The maximum atomic E-state index is 13.8. The number of hydrogen-bond donors (Lipinski definition) is 1. The molecule has 0 spiro atoms. The molecule has 5 heteroatoms. The normalized spacial score (nSPS) is 28.6. The third-order valence-corrected chi connectivity index (χ3v) is 5.44. The van der Waals surface area contributed by atoms with Crippen molar-refractivity contribution in [3.8, 4) is 0 Å². The number of amides is 1. The lowest BCUT2D eigenvalue weighted by Gasteiger charge is -2.32. The molecule has 1 heterocycles. The Morgan fingerprint density at radius 1 is 1.09 bits per heavy atom. The van der Waals surface area contributed by atoms with E-state index in [1.165, 1.54) is 31.0 Å². The summed E-state index contributed by atoms with van der Waals surface area (Å²) in [5.41, 5.74) is 0.0798. The third-order valence-electron chi connectivity index (χ3n) is 5.44. The van der Waals surface area contributed by atoms with Crippen LogP contribution in [0.2, 0.25) is 0 Å². The van der Waals surface area contributed by atoms with Gasteiger partial charge in [-0.15, -0.1) is 0 Å². The Balaban J connectivity index is 1.31. The van der Waals surface area contributed by atoms with Crippen molar-refractivity contribution in [1.82, 2.24) is 10.2 Å². The van der Waals surface area contributed by atoms with Gasteiger partial charge in [-0.2, -0.15) is 0 Å². The minimum Gasteiger partial charge on any atom is -0.353 e. The molecule has 2 atom stereocenters. The summed E-state index contributed by atoms with van der Waals surface area (Å²) in [4.78, 5) is 14.8. The molecule has 1 saturated heterocycles. The lowest BCUT2D eigenvalue weighted by atomic mass is 10.0. The minimum atomic E-state index is -0.539. The number of likely N-dealkylation sites (tertiary alicyclic amines) is 1. The Hall–Kier alpha value is -1.49. The van der Waals surface area contributed by atoms with E-state index in [9.17, 15) is 13.6 Å². The van der Waals surface area contributed by atoms with Crippen LogP contribution in [0.5, 0.6) is 0 Å². The predicted molar refractivity (Wildman–Crippen MR) is 83.0 cm³/mol. The molecule has 4 rings (SSSR count). The molecule has 0 unspecified atom stereocenters. The maximum Gasteiger partial charge on any atom is 0.223 e. The Bertz CT molecular complexity index is 589. The SMILES string of the molecule is O=C(NC1CCN(C2CC2)CC1)[C@H]1C[C@@H]1c1c(F)cccc1F. The average molecular weight is 320 g/mol. The summed E-state index contributed by atoms with van der Waals surface area (Å²) < 4.78 is 27.6.